The molecule has 0 aromatic rings. The lowest BCUT2D eigenvalue weighted by atomic mass is 10.0. The monoisotopic (exact) mass is 210 g/mol. The number of piperidine rings is 1. The molecule has 0 aliphatic carbocycles. The maximum atomic E-state index is 12.3. The second kappa shape index (κ2) is 4.03. The van der Waals surface area contributed by atoms with E-state index >= 15 is 0 Å². The number of carbonyl (C=O) groups excluding carboxylic acids is 1. The van der Waals surface area contributed by atoms with Crippen molar-refractivity contribution in [3.8, 4) is 0 Å². The highest BCUT2D eigenvalue weighted by atomic mass is 16.2. The van der Waals surface area contributed by atoms with Crippen molar-refractivity contribution in [3.63, 3.8) is 0 Å². The van der Waals surface area contributed by atoms with E-state index in [0.29, 0.717) is 0 Å². The molecule has 0 spiro atoms. The number of rotatable bonds is 0. The zero-order valence-electron chi connectivity index (χ0n) is 9.96. The van der Waals surface area contributed by atoms with Crippen LogP contribution in [0.2, 0.25) is 0 Å². The van der Waals surface area contributed by atoms with Crippen molar-refractivity contribution in [2.45, 2.75) is 51.5 Å². The van der Waals surface area contributed by atoms with Crippen molar-refractivity contribution in [3.05, 3.63) is 0 Å². The van der Waals surface area contributed by atoms with Gasteiger partial charge in [-0.15, -0.1) is 0 Å². The van der Waals surface area contributed by atoms with Crippen molar-refractivity contribution < 1.29 is 4.79 Å². The minimum atomic E-state index is 0.0779. The highest BCUT2D eigenvalue weighted by molar-refractivity contribution is 5.75. The predicted octanol–water partition coefficient (Wildman–Crippen LogP) is 2.47. The van der Waals surface area contributed by atoms with Crippen LogP contribution < -0.4 is 0 Å². The molecule has 2 amide bonds. The van der Waals surface area contributed by atoms with Crippen LogP contribution >= 0.6 is 0 Å². The molecule has 2 aliphatic heterocycles. The van der Waals surface area contributed by atoms with Crippen LogP contribution in [0.4, 0.5) is 4.79 Å². The average molecular weight is 210 g/mol. The Morgan fingerprint density at radius 3 is 2.20 bits per heavy atom. The minimum Gasteiger partial charge on any atom is -0.325 e. The largest absolute Gasteiger partial charge is 0.325 e. The van der Waals surface area contributed by atoms with Crippen molar-refractivity contribution in [1.29, 1.82) is 0 Å². The molecular weight excluding hydrogens is 188 g/mol. The number of hydrogen-bond acceptors (Lipinski definition) is 1. The first kappa shape index (κ1) is 10.8. The van der Waals surface area contributed by atoms with E-state index in [-0.39, 0.29) is 11.6 Å². The normalized spacial score (nSPS) is 25.7. The summed E-state index contributed by atoms with van der Waals surface area (Å²) in [7, 11) is 0. The highest BCUT2D eigenvalue weighted by Crippen LogP contribution is 2.29. The van der Waals surface area contributed by atoms with Gasteiger partial charge in [0, 0.05) is 25.2 Å². The van der Waals surface area contributed by atoms with Crippen LogP contribution in [0.25, 0.3) is 0 Å². The molecule has 3 nitrogen and oxygen atoms in total. The van der Waals surface area contributed by atoms with Gasteiger partial charge in [0.2, 0.25) is 0 Å². The molecule has 0 unspecified atom stereocenters. The molecule has 2 fully saturated rings. The Balaban J connectivity index is 2.00. The Labute approximate surface area is 92.4 Å². The predicted molar refractivity (Wildman–Crippen MR) is 60.8 cm³/mol. The first-order chi connectivity index (χ1) is 7.11. The molecule has 3 heteroatoms. The van der Waals surface area contributed by atoms with Crippen LogP contribution in [0.15, 0.2) is 0 Å². The van der Waals surface area contributed by atoms with Gasteiger partial charge in [-0.2, -0.15) is 0 Å². The van der Waals surface area contributed by atoms with Crippen LogP contribution in [0.5, 0.6) is 0 Å². The molecule has 2 heterocycles. The number of hydrogen-bond donors (Lipinski definition) is 0. The third-order valence-electron chi connectivity index (χ3n) is 3.76. The molecule has 2 rings (SSSR count). The third kappa shape index (κ3) is 2.11. The number of nitrogens with zero attached hydrogens (tertiary/aromatic N) is 2. The smallest absolute Gasteiger partial charge is 0.320 e. The zero-order chi connectivity index (χ0) is 10.9. The quantitative estimate of drug-likeness (QED) is 0.602. The van der Waals surface area contributed by atoms with E-state index in [1.165, 1.54) is 19.3 Å². The third-order valence-corrected chi connectivity index (χ3v) is 3.76. The minimum absolute atomic E-state index is 0.0779. The Bertz CT molecular complexity index is 244. The van der Waals surface area contributed by atoms with E-state index in [4.69, 9.17) is 0 Å². The van der Waals surface area contributed by atoms with E-state index < -0.39 is 0 Å². The van der Waals surface area contributed by atoms with Crippen molar-refractivity contribution >= 4 is 6.03 Å². The summed E-state index contributed by atoms with van der Waals surface area (Å²) in [4.78, 5) is 16.4. The Morgan fingerprint density at radius 1 is 1.00 bits per heavy atom. The molecule has 0 aromatic heterocycles. The van der Waals surface area contributed by atoms with Crippen LogP contribution in [0.3, 0.4) is 0 Å². The Kier molecular flexibility index (Phi) is 2.89. The summed E-state index contributed by atoms with van der Waals surface area (Å²) < 4.78 is 0. The van der Waals surface area contributed by atoms with Crippen LogP contribution in [-0.2, 0) is 0 Å². The summed E-state index contributed by atoms with van der Waals surface area (Å²) in [6, 6.07) is 0.275. The van der Waals surface area contributed by atoms with Crippen LogP contribution in [0, 0.1) is 0 Å². The average Bonchev–Trinajstić information content (AvgIpc) is 2.58. The van der Waals surface area contributed by atoms with Crippen molar-refractivity contribution in [1.82, 2.24) is 9.80 Å². The van der Waals surface area contributed by atoms with E-state index in [2.05, 4.69) is 18.7 Å². The van der Waals surface area contributed by atoms with E-state index in [1.54, 1.807) is 0 Å². The van der Waals surface area contributed by atoms with Crippen LogP contribution in [0.1, 0.15) is 46.0 Å². The van der Waals surface area contributed by atoms with Gasteiger partial charge in [0.05, 0.1) is 0 Å². The SMILES string of the molecule is CC1(C)CCCN1C(=O)N1CCCCC1. The lowest BCUT2D eigenvalue weighted by molar-refractivity contribution is 0.118. The topological polar surface area (TPSA) is 23.6 Å². The molecule has 0 radical (unpaired) electrons. The maximum Gasteiger partial charge on any atom is 0.320 e. The molecular formula is C12H22N2O. The zero-order valence-corrected chi connectivity index (χ0v) is 9.96. The number of likely N-dealkylation sites (tertiary alicyclic amines) is 2. The van der Waals surface area contributed by atoms with Gasteiger partial charge in [-0.3, -0.25) is 0 Å². The van der Waals surface area contributed by atoms with Gasteiger partial charge in [-0.05, 0) is 46.0 Å². The van der Waals surface area contributed by atoms with Crippen molar-refractivity contribution in [2.75, 3.05) is 19.6 Å². The first-order valence-electron chi connectivity index (χ1n) is 6.18. The van der Waals surface area contributed by atoms with Crippen molar-refractivity contribution in [2.24, 2.45) is 0 Å². The van der Waals surface area contributed by atoms with E-state index in [1.807, 2.05) is 4.90 Å². The summed E-state index contributed by atoms with van der Waals surface area (Å²) >= 11 is 0. The summed E-state index contributed by atoms with van der Waals surface area (Å²) in [5.41, 5.74) is 0.0779. The van der Waals surface area contributed by atoms with Crippen LogP contribution in [-0.4, -0.2) is 41.0 Å². The summed E-state index contributed by atoms with van der Waals surface area (Å²) in [5, 5.41) is 0. The molecule has 15 heavy (non-hydrogen) atoms. The molecule has 86 valence electrons. The van der Waals surface area contributed by atoms with Gasteiger partial charge >= 0.3 is 6.03 Å². The van der Waals surface area contributed by atoms with Gasteiger partial charge in [0.1, 0.15) is 0 Å². The Hall–Kier alpha value is -0.730. The molecule has 2 saturated heterocycles. The van der Waals surface area contributed by atoms with Gasteiger partial charge in [-0.1, -0.05) is 0 Å². The standard InChI is InChI=1S/C12H22N2O/c1-12(2)7-6-10-14(12)11(15)13-8-4-3-5-9-13/h3-10H2,1-2H3. The molecule has 0 aromatic carbocycles. The van der Waals surface area contributed by atoms with Gasteiger partial charge in [-0.25, -0.2) is 4.79 Å². The van der Waals surface area contributed by atoms with Gasteiger partial charge < -0.3 is 9.80 Å². The fraction of sp³-hybridized carbons (Fsp3) is 0.917. The molecule has 0 atom stereocenters. The number of carbonyl (C=O) groups is 1. The summed E-state index contributed by atoms with van der Waals surface area (Å²) in [6.07, 6.45) is 5.95. The van der Waals surface area contributed by atoms with Gasteiger partial charge in [0.15, 0.2) is 0 Å². The van der Waals surface area contributed by atoms with Gasteiger partial charge in [0.25, 0.3) is 0 Å². The lowest BCUT2D eigenvalue weighted by Gasteiger charge is -2.37. The molecule has 2 aliphatic rings. The lowest BCUT2D eigenvalue weighted by Crippen LogP contribution is -2.51. The second-order valence-electron chi connectivity index (χ2n) is 5.40. The number of amides is 2. The second-order valence-corrected chi connectivity index (χ2v) is 5.40. The number of urea groups is 1. The molecule has 0 bridgehead atoms. The van der Waals surface area contributed by atoms with E-state index in [0.717, 1.165) is 32.5 Å². The maximum absolute atomic E-state index is 12.3. The highest BCUT2D eigenvalue weighted by Gasteiger charge is 2.37. The summed E-state index contributed by atoms with van der Waals surface area (Å²) in [6.45, 7) is 7.24. The first-order valence-corrected chi connectivity index (χ1v) is 6.18. The van der Waals surface area contributed by atoms with E-state index in [9.17, 15) is 4.79 Å². The fourth-order valence-corrected chi connectivity index (χ4v) is 2.72. The fourth-order valence-electron chi connectivity index (χ4n) is 2.72. The molecule has 0 saturated carbocycles. The summed E-state index contributed by atoms with van der Waals surface area (Å²) in [5.74, 6) is 0. The Morgan fingerprint density at radius 2 is 1.67 bits per heavy atom. The molecule has 0 N–H and O–H groups in total.